The van der Waals surface area contributed by atoms with Crippen molar-refractivity contribution < 1.29 is 9.53 Å². The van der Waals surface area contributed by atoms with Gasteiger partial charge in [-0.3, -0.25) is 0 Å². The number of benzene rings is 2. The standard InChI is InChI=1S/C15H12N4O2/c1-2-21-13-6-4-12(5-7-13)19-17-14-8-3-11(16-10-20)9-15(14)18-19/h3-9H,2H2,1H3. The summed E-state index contributed by atoms with van der Waals surface area (Å²) in [5.74, 6) is 0.806. The van der Waals surface area contributed by atoms with Gasteiger partial charge in [-0.05, 0) is 49.4 Å². The molecule has 6 nitrogen and oxygen atoms in total. The van der Waals surface area contributed by atoms with Gasteiger partial charge in [0.25, 0.3) is 0 Å². The van der Waals surface area contributed by atoms with Crippen molar-refractivity contribution in [2.75, 3.05) is 6.61 Å². The summed E-state index contributed by atoms with van der Waals surface area (Å²) in [5, 5.41) is 8.76. The molecule has 3 aromatic rings. The fourth-order valence-electron chi connectivity index (χ4n) is 1.98. The van der Waals surface area contributed by atoms with Gasteiger partial charge in [-0.2, -0.15) is 9.79 Å². The van der Waals surface area contributed by atoms with Crippen LogP contribution < -0.4 is 4.74 Å². The topological polar surface area (TPSA) is 69.4 Å². The van der Waals surface area contributed by atoms with Crippen molar-refractivity contribution in [1.29, 1.82) is 0 Å². The molecular weight excluding hydrogens is 268 g/mol. The Morgan fingerprint density at radius 2 is 1.90 bits per heavy atom. The first-order valence-electron chi connectivity index (χ1n) is 6.48. The van der Waals surface area contributed by atoms with E-state index in [-0.39, 0.29) is 0 Å². The van der Waals surface area contributed by atoms with Crippen LogP contribution in [0.2, 0.25) is 0 Å². The highest BCUT2D eigenvalue weighted by atomic mass is 16.5. The van der Waals surface area contributed by atoms with E-state index in [2.05, 4.69) is 15.2 Å². The van der Waals surface area contributed by atoms with Gasteiger partial charge in [0.1, 0.15) is 16.8 Å². The minimum atomic E-state index is 0.510. The largest absolute Gasteiger partial charge is 0.494 e. The molecule has 0 saturated heterocycles. The third-order valence-electron chi connectivity index (χ3n) is 2.92. The van der Waals surface area contributed by atoms with Crippen molar-refractivity contribution in [2.45, 2.75) is 6.92 Å². The molecule has 0 spiro atoms. The van der Waals surface area contributed by atoms with E-state index < -0.39 is 0 Å². The molecule has 1 aromatic heterocycles. The second-order valence-corrected chi connectivity index (χ2v) is 4.29. The molecular formula is C15H12N4O2. The maximum absolute atomic E-state index is 10.3. The highest BCUT2D eigenvalue weighted by Crippen LogP contribution is 2.20. The Morgan fingerprint density at radius 3 is 2.62 bits per heavy atom. The Labute approximate surface area is 120 Å². The number of isocyanates is 1. The normalized spacial score (nSPS) is 10.3. The summed E-state index contributed by atoms with van der Waals surface area (Å²) in [6.07, 6.45) is 1.51. The zero-order valence-electron chi connectivity index (χ0n) is 11.4. The number of aliphatic imine (C=N–C) groups is 1. The molecule has 0 bridgehead atoms. The highest BCUT2D eigenvalue weighted by Gasteiger charge is 2.05. The number of aromatic nitrogens is 3. The second-order valence-electron chi connectivity index (χ2n) is 4.29. The molecule has 3 rings (SSSR count). The lowest BCUT2D eigenvalue weighted by Crippen LogP contribution is -1.98. The Balaban J connectivity index is 1.98. The zero-order chi connectivity index (χ0) is 14.7. The summed E-state index contributed by atoms with van der Waals surface area (Å²) >= 11 is 0. The van der Waals surface area contributed by atoms with Gasteiger partial charge in [0.15, 0.2) is 0 Å². The molecule has 0 atom stereocenters. The first-order chi connectivity index (χ1) is 10.3. The van der Waals surface area contributed by atoms with Gasteiger partial charge in [0, 0.05) is 0 Å². The van der Waals surface area contributed by atoms with E-state index in [1.165, 1.54) is 10.9 Å². The summed E-state index contributed by atoms with van der Waals surface area (Å²) < 4.78 is 5.40. The Bertz CT molecular complexity index is 817. The lowest BCUT2D eigenvalue weighted by molar-refractivity contribution is 0.340. The van der Waals surface area contributed by atoms with Crippen molar-refractivity contribution in [3.05, 3.63) is 42.5 Å². The van der Waals surface area contributed by atoms with Crippen LogP contribution in [0.3, 0.4) is 0 Å². The Kier molecular flexibility index (Phi) is 3.45. The first kappa shape index (κ1) is 13.0. The van der Waals surface area contributed by atoms with Crippen LogP contribution in [0.1, 0.15) is 6.92 Å². The molecule has 0 fully saturated rings. The van der Waals surface area contributed by atoms with Gasteiger partial charge in [0.2, 0.25) is 6.08 Å². The average Bonchev–Trinajstić information content (AvgIpc) is 2.92. The molecule has 0 saturated carbocycles. The highest BCUT2D eigenvalue weighted by molar-refractivity contribution is 5.78. The van der Waals surface area contributed by atoms with Crippen molar-refractivity contribution in [3.63, 3.8) is 0 Å². The minimum Gasteiger partial charge on any atom is -0.494 e. The maximum atomic E-state index is 10.3. The van der Waals surface area contributed by atoms with Crippen LogP contribution in [-0.4, -0.2) is 27.7 Å². The smallest absolute Gasteiger partial charge is 0.240 e. The summed E-state index contributed by atoms with van der Waals surface area (Å²) in [5.41, 5.74) is 2.74. The van der Waals surface area contributed by atoms with Crippen LogP contribution in [0, 0.1) is 0 Å². The zero-order valence-corrected chi connectivity index (χ0v) is 11.4. The summed E-state index contributed by atoms with van der Waals surface area (Å²) in [7, 11) is 0. The molecule has 0 aliphatic rings. The summed E-state index contributed by atoms with van der Waals surface area (Å²) in [6.45, 7) is 2.57. The molecule has 0 aliphatic heterocycles. The molecule has 104 valence electrons. The van der Waals surface area contributed by atoms with Crippen molar-refractivity contribution in [1.82, 2.24) is 15.0 Å². The number of fused-ring (bicyclic) bond motifs is 1. The van der Waals surface area contributed by atoms with E-state index in [1.807, 2.05) is 31.2 Å². The fraction of sp³-hybridized carbons (Fsp3) is 0.133. The number of hydrogen-bond donors (Lipinski definition) is 0. The lowest BCUT2D eigenvalue weighted by Gasteiger charge is -2.03. The van der Waals surface area contributed by atoms with Crippen LogP contribution in [0.5, 0.6) is 5.75 Å². The second kappa shape index (κ2) is 5.56. The molecule has 0 radical (unpaired) electrons. The monoisotopic (exact) mass is 280 g/mol. The van der Waals surface area contributed by atoms with Gasteiger partial charge in [0.05, 0.1) is 18.0 Å². The summed E-state index contributed by atoms with van der Waals surface area (Å²) in [6, 6.07) is 12.7. The molecule has 0 N–H and O–H groups in total. The maximum Gasteiger partial charge on any atom is 0.240 e. The molecule has 6 heteroatoms. The van der Waals surface area contributed by atoms with E-state index in [0.29, 0.717) is 17.8 Å². The predicted octanol–water partition coefficient (Wildman–Crippen LogP) is 2.79. The SMILES string of the molecule is CCOc1ccc(-n2nc3ccc(N=C=O)cc3n2)cc1. The predicted molar refractivity (Wildman–Crippen MR) is 77.8 cm³/mol. The van der Waals surface area contributed by atoms with E-state index >= 15 is 0 Å². The number of nitrogens with zero attached hydrogens (tertiary/aromatic N) is 4. The van der Waals surface area contributed by atoms with E-state index in [0.717, 1.165) is 17.0 Å². The molecule has 0 amide bonds. The Hall–Kier alpha value is -2.98. The molecule has 1 heterocycles. The number of ether oxygens (including phenoxy) is 1. The molecule has 21 heavy (non-hydrogen) atoms. The van der Waals surface area contributed by atoms with Gasteiger partial charge in [-0.1, -0.05) is 0 Å². The third-order valence-corrected chi connectivity index (χ3v) is 2.92. The van der Waals surface area contributed by atoms with Gasteiger partial charge in [-0.15, -0.1) is 10.2 Å². The van der Waals surface area contributed by atoms with Crippen LogP contribution >= 0.6 is 0 Å². The molecule has 2 aromatic carbocycles. The van der Waals surface area contributed by atoms with Crippen molar-refractivity contribution in [2.24, 2.45) is 4.99 Å². The van der Waals surface area contributed by atoms with E-state index in [4.69, 9.17) is 4.74 Å². The van der Waals surface area contributed by atoms with Crippen molar-refractivity contribution in [3.8, 4) is 11.4 Å². The van der Waals surface area contributed by atoms with Crippen molar-refractivity contribution >= 4 is 22.8 Å². The van der Waals surface area contributed by atoms with Gasteiger partial charge < -0.3 is 4.74 Å². The van der Waals surface area contributed by atoms with Gasteiger partial charge >= 0.3 is 0 Å². The fourth-order valence-corrected chi connectivity index (χ4v) is 1.98. The average molecular weight is 280 g/mol. The van der Waals surface area contributed by atoms with Crippen LogP contribution in [-0.2, 0) is 4.79 Å². The number of rotatable bonds is 4. The van der Waals surface area contributed by atoms with E-state index in [1.54, 1.807) is 18.2 Å². The van der Waals surface area contributed by atoms with Crippen LogP contribution in [0.4, 0.5) is 5.69 Å². The Morgan fingerprint density at radius 1 is 1.14 bits per heavy atom. The first-order valence-corrected chi connectivity index (χ1v) is 6.48. The third kappa shape index (κ3) is 2.66. The molecule has 0 unspecified atom stereocenters. The number of carbonyl (C=O) groups excluding carboxylic acids is 1. The number of hydrogen-bond acceptors (Lipinski definition) is 5. The molecule has 0 aliphatic carbocycles. The lowest BCUT2D eigenvalue weighted by atomic mass is 10.3. The summed E-state index contributed by atoms with van der Waals surface area (Å²) in [4.78, 5) is 15.4. The minimum absolute atomic E-state index is 0.510. The quantitative estimate of drug-likeness (QED) is 0.544. The van der Waals surface area contributed by atoms with E-state index in [9.17, 15) is 4.79 Å². The van der Waals surface area contributed by atoms with Crippen LogP contribution in [0.25, 0.3) is 16.7 Å². The van der Waals surface area contributed by atoms with Gasteiger partial charge in [-0.25, -0.2) is 4.79 Å². The van der Waals surface area contributed by atoms with Crippen LogP contribution in [0.15, 0.2) is 47.5 Å².